The smallest absolute Gasteiger partial charge is 0.137 e. The van der Waals surface area contributed by atoms with Crippen molar-refractivity contribution in [1.29, 1.82) is 0 Å². The highest BCUT2D eigenvalue weighted by Gasteiger charge is 2.16. The number of nitrogens with zero attached hydrogens (tertiary/aromatic N) is 3. The molecule has 1 fully saturated rings. The normalized spacial score (nSPS) is 12.6. The molecule has 0 spiro atoms. The lowest BCUT2D eigenvalue weighted by atomic mass is 10.0. The van der Waals surface area contributed by atoms with Crippen LogP contribution < -0.4 is 5.32 Å². The predicted molar refractivity (Wildman–Crippen MR) is 161 cm³/mol. The molecule has 194 valence electrons. The maximum absolute atomic E-state index is 4.59. The Morgan fingerprint density at radius 1 is 1.00 bits per heavy atom. The molecule has 1 N–H and O–H groups in total. The van der Waals surface area contributed by atoms with Crippen LogP contribution in [-0.4, -0.2) is 34.4 Å². The zero-order valence-electron chi connectivity index (χ0n) is 23.0. The zero-order chi connectivity index (χ0) is 26.6. The van der Waals surface area contributed by atoms with E-state index in [1.165, 1.54) is 47.2 Å². The summed E-state index contributed by atoms with van der Waals surface area (Å²) in [5.74, 6) is 0. The van der Waals surface area contributed by atoms with E-state index in [1.807, 2.05) is 38.4 Å². The van der Waals surface area contributed by atoms with E-state index in [-0.39, 0.29) is 0 Å². The molecule has 2 aromatic carbocycles. The van der Waals surface area contributed by atoms with Crippen LogP contribution in [0.4, 0.5) is 5.69 Å². The summed E-state index contributed by atoms with van der Waals surface area (Å²) in [5, 5.41) is 3.32. The number of piperidine rings is 1. The number of imidazole rings is 1. The highest BCUT2D eigenvalue weighted by atomic mass is 15.2. The summed E-state index contributed by atoms with van der Waals surface area (Å²) in [6.07, 6.45) is 10.7. The number of aryl methyl sites for hydroxylation is 2. The minimum absolute atomic E-state index is 0.964. The topological polar surface area (TPSA) is 32.6 Å². The minimum atomic E-state index is 0.964. The first-order valence-electron chi connectivity index (χ1n) is 13.3. The molecule has 37 heavy (non-hydrogen) atoms. The lowest BCUT2D eigenvalue weighted by molar-refractivity contribution is 0.325. The molecule has 1 aliphatic rings. The van der Waals surface area contributed by atoms with Gasteiger partial charge in [0.25, 0.3) is 0 Å². The number of fused-ring (bicyclic) bond motifs is 1. The fourth-order valence-corrected chi connectivity index (χ4v) is 4.52. The zero-order valence-corrected chi connectivity index (χ0v) is 23.0. The van der Waals surface area contributed by atoms with Gasteiger partial charge in [0.15, 0.2) is 0 Å². The number of aromatic nitrogens is 2. The molecule has 0 amide bonds. The van der Waals surface area contributed by atoms with Gasteiger partial charge < -0.3 is 10.2 Å². The summed E-state index contributed by atoms with van der Waals surface area (Å²) >= 11 is 0. The molecule has 0 unspecified atom stereocenters. The van der Waals surface area contributed by atoms with Crippen molar-refractivity contribution in [3.63, 3.8) is 0 Å². The van der Waals surface area contributed by atoms with E-state index in [4.69, 9.17) is 0 Å². The van der Waals surface area contributed by atoms with Crippen molar-refractivity contribution in [2.24, 2.45) is 0 Å². The SMILES string of the molecule is C=C(c1cnc2ccc(-c3ccc(CC)c(NC)c3)cn12)N1CCCCC1.C=CC.Cc1ccccc1. The van der Waals surface area contributed by atoms with Crippen LogP contribution in [0.2, 0.25) is 0 Å². The molecule has 3 heterocycles. The van der Waals surface area contributed by atoms with E-state index in [9.17, 15) is 0 Å². The Morgan fingerprint density at radius 3 is 2.27 bits per heavy atom. The second kappa shape index (κ2) is 14.1. The number of anilines is 1. The summed E-state index contributed by atoms with van der Waals surface area (Å²) in [5.41, 5.74) is 9.38. The Labute approximate surface area is 223 Å². The van der Waals surface area contributed by atoms with Crippen LogP contribution in [0.1, 0.15) is 49.9 Å². The Balaban J connectivity index is 0.000000321. The van der Waals surface area contributed by atoms with Gasteiger partial charge in [-0.25, -0.2) is 4.98 Å². The van der Waals surface area contributed by atoms with Crippen molar-refractivity contribution in [3.05, 3.63) is 109 Å². The molecular formula is C33H42N4. The number of allylic oxidation sites excluding steroid dienone is 1. The van der Waals surface area contributed by atoms with Gasteiger partial charge in [-0.3, -0.25) is 4.40 Å². The van der Waals surface area contributed by atoms with E-state index in [0.29, 0.717) is 0 Å². The van der Waals surface area contributed by atoms with Crippen molar-refractivity contribution < 1.29 is 0 Å². The number of pyridine rings is 1. The summed E-state index contributed by atoms with van der Waals surface area (Å²) in [7, 11) is 1.98. The molecule has 0 atom stereocenters. The third kappa shape index (κ3) is 7.36. The average Bonchev–Trinajstić information content (AvgIpc) is 3.37. The highest BCUT2D eigenvalue weighted by Crippen LogP contribution is 2.28. The summed E-state index contributed by atoms with van der Waals surface area (Å²) < 4.78 is 2.18. The van der Waals surface area contributed by atoms with Crippen LogP contribution in [0.15, 0.2) is 92.3 Å². The van der Waals surface area contributed by atoms with Crippen molar-refractivity contribution >= 4 is 17.0 Å². The molecule has 0 radical (unpaired) electrons. The first kappa shape index (κ1) is 27.8. The largest absolute Gasteiger partial charge is 0.388 e. The predicted octanol–water partition coefficient (Wildman–Crippen LogP) is 8.25. The van der Waals surface area contributed by atoms with Gasteiger partial charge in [-0.05, 0) is 74.4 Å². The maximum atomic E-state index is 4.59. The lowest BCUT2D eigenvalue weighted by Gasteiger charge is -2.30. The highest BCUT2D eigenvalue weighted by molar-refractivity contribution is 5.72. The fraction of sp³-hybridized carbons (Fsp3) is 0.303. The first-order chi connectivity index (χ1) is 18.0. The van der Waals surface area contributed by atoms with Crippen LogP contribution in [0.5, 0.6) is 0 Å². The van der Waals surface area contributed by atoms with Gasteiger partial charge in [0.2, 0.25) is 0 Å². The second-order valence-corrected chi connectivity index (χ2v) is 9.32. The number of hydrogen-bond acceptors (Lipinski definition) is 3. The number of benzene rings is 2. The number of likely N-dealkylation sites (tertiary alicyclic amines) is 1. The van der Waals surface area contributed by atoms with Gasteiger partial charge in [-0.1, -0.05) is 67.6 Å². The van der Waals surface area contributed by atoms with Crippen molar-refractivity contribution in [2.75, 3.05) is 25.5 Å². The quantitative estimate of drug-likeness (QED) is 0.284. The van der Waals surface area contributed by atoms with Crippen LogP contribution in [0.3, 0.4) is 0 Å². The van der Waals surface area contributed by atoms with Crippen LogP contribution in [-0.2, 0) is 6.42 Å². The fourth-order valence-electron chi connectivity index (χ4n) is 4.52. The molecule has 0 bridgehead atoms. The van der Waals surface area contributed by atoms with Gasteiger partial charge in [0.05, 0.1) is 17.6 Å². The maximum Gasteiger partial charge on any atom is 0.137 e. The third-order valence-corrected chi connectivity index (χ3v) is 6.57. The molecule has 4 nitrogen and oxygen atoms in total. The molecule has 4 heteroatoms. The van der Waals surface area contributed by atoms with E-state index in [1.54, 1.807) is 6.08 Å². The van der Waals surface area contributed by atoms with Gasteiger partial charge >= 0.3 is 0 Å². The Bertz CT molecular complexity index is 1280. The van der Waals surface area contributed by atoms with Crippen molar-refractivity contribution in [2.45, 2.75) is 46.5 Å². The van der Waals surface area contributed by atoms with Gasteiger partial charge in [-0.15, -0.1) is 6.58 Å². The summed E-state index contributed by atoms with van der Waals surface area (Å²) in [6.45, 7) is 16.1. The van der Waals surface area contributed by atoms with E-state index >= 15 is 0 Å². The number of hydrogen-bond donors (Lipinski definition) is 1. The van der Waals surface area contributed by atoms with Gasteiger partial charge in [0, 0.05) is 32.0 Å². The van der Waals surface area contributed by atoms with E-state index in [2.05, 4.69) is 95.3 Å². The molecule has 4 aromatic rings. The average molecular weight is 495 g/mol. The second-order valence-electron chi connectivity index (χ2n) is 9.32. The van der Waals surface area contributed by atoms with Crippen LogP contribution in [0, 0.1) is 6.92 Å². The molecule has 0 aliphatic carbocycles. The molecule has 2 aromatic heterocycles. The molecule has 5 rings (SSSR count). The number of rotatable bonds is 5. The Hall–Kier alpha value is -3.79. The summed E-state index contributed by atoms with van der Waals surface area (Å²) in [6, 6.07) is 21.2. The first-order valence-corrected chi connectivity index (χ1v) is 13.3. The third-order valence-electron chi connectivity index (χ3n) is 6.57. The summed E-state index contributed by atoms with van der Waals surface area (Å²) in [4.78, 5) is 6.99. The monoisotopic (exact) mass is 494 g/mol. The van der Waals surface area contributed by atoms with Crippen molar-refractivity contribution in [1.82, 2.24) is 14.3 Å². The van der Waals surface area contributed by atoms with E-state index in [0.717, 1.165) is 36.5 Å². The van der Waals surface area contributed by atoms with Gasteiger partial charge in [0.1, 0.15) is 5.65 Å². The van der Waals surface area contributed by atoms with Crippen LogP contribution >= 0.6 is 0 Å². The minimum Gasteiger partial charge on any atom is -0.388 e. The number of nitrogens with one attached hydrogen (secondary N) is 1. The molecular weight excluding hydrogens is 452 g/mol. The molecule has 1 aliphatic heterocycles. The molecule has 0 saturated carbocycles. The van der Waals surface area contributed by atoms with E-state index < -0.39 is 0 Å². The standard InChI is InChI=1S/C23H28N4.C7H8.C3H6/c1-4-18-8-9-19(14-21(18)24-3)20-10-11-23-25-15-22(27(23)16-20)17(2)26-12-6-5-7-13-26;1-7-5-3-2-4-6-7;1-3-2/h8-11,14-16,24H,2,4-7,12-13H2,1,3H3;2-6H,1H3;3H,1H2,2H3. The Kier molecular flexibility index (Phi) is 10.6. The Morgan fingerprint density at radius 2 is 1.68 bits per heavy atom. The van der Waals surface area contributed by atoms with Gasteiger partial charge in [-0.2, -0.15) is 0 Å². The molecule has 1 saturated heterocycles. The van der Waals surface area contributed by atoms with Crippen molar-refractivity contribution in [3.8, 4) is 11.1 Å². The lowest BCUT2D eigenvalue weighted by Crippen LogP contribution is -2.28. The van der Waals surface area contributed by atoms with Crippen LogP contribution in [0.25, 0.3) is 22.5 Å².